The highest BCUT2D eigenvalue weighted by Crippen LogP contribution is 2.33. The van der Waals surface area contributed by atoms with Gasteiger partial charge < -0.3 is 19.3 Å². The highest BCUT2D eigenvalue weighted by Gasteiger charge is 2.24. The highest BCUT2D eigenvalue weighted by molar-refractivity contribution is 7.10. The minimum Gasteiger partial charge on any atom is -0.454 e. The molecule has 2 amide bonds. The number of hydrogen-bond donors (Lipinski definition) is 0. The normalized spacial score (nSPS) is 11.8. The first-order valence-corrected chi connectivity index (χ1v) is 12.0. The van der Waals surface area contributed by atoms with E-state index in [-0.39, 0.29) is 31.7 Å². The first-order valence-electron chi connectivity index (χ1n) is 11.1. The molecular formula is C27H28N2O4S. The Bertz CT molecular complexity index is 1200. The zero-order valence-corrected chi connectivity index (χ0v) is 20.3. The summed E-state index contributed by atoms with van der Waals surface area (Å²) in [5.74, 6) is 1.08. The molecule has 34 heavy (non-hydrogen) atoms. The Morgan fingerprint density at radius 2 is 1.79 bits per heavy atom. The smallest absolute Gasteiger partial charge is 0.254 e. The fourth-order valence-corrected chi connectivity index (χ4v) is 4.77. The predicted molar refractivity (Wildman–Crippen MR) is 133 cm³/mol. The second-order valence-corrected chi connectivity index (χ2v) is 9.25. The summed E-state index contributed by atoms with van der Waals surface area (Å²) in [5, 5.41) is 2.03. The van der Waals surface area contributed by atoms with Crippen molar-refractivity contribution < 1.29 is 19.1 Å². The molecule has 6 nitrogen and oxygen atoms in total. The molecule has 176 valence electrons. The molecule has 0 spiro atoms. The topological polar surface area (TPSA) is 59.1 Å². The molecule has 0 atom stereocenters. The van der Waals surface area contributed by atoms with Crippen LogP contribution >= 0.6 is 11.3 Å². The molecule has 0 fully saturated rings. The van der Waals surface area contributed by atoms with Crippen LogP contribution in [0.3, 0.4) is 0 Å². The Kier molecular flexibility index (Phi) is 7.33. The lowest BCUT2D eigenvalue weighted by molar-refractivity contribution is -0.133. The number of ether oxygens (including phenoxy) is 2. The molecule has 3 aromatic rings. The number of amides is 2. The quantitative estimate of drug-likeness (QED) is 0.410. The van der Waals surface area contributed by atoms with Gasteiger partial charge in [-0.15, -0.1) is 17.9 Å². The zero-order chi connectivity index (χ0) is 24.1. The van der Waals surface area contributed by atoms with Gasteiger partial charge in [0.25, 0.3) is 5.91 Å². The van der Waals surface area contributed by atoms with Gasteiger partial charge in [0.15, 0.2) is 11.5 Å². The van der Waals surface area contributed by atoms with Crippen molar-refractivity contribution in [2.45, 2.75) is 26.9 Å². The van der Waals surface area contributed by atoms with Gasteiger partial charge in [-0.05, 0) is 60.2 Å². The van der Waals surface area contributed by atoms with Gasteiger partial charge in [0, 0.05) is 23.5 Å². The van der Waals surface area contributed by atoms with E-state index in [0.717, 1.165) is 21.6 Å². The van der Waals surface area contributed by atoms with Crippen LogP contribution in [0.25, 0.3) is 0 Å². The van der Waals surface area contributed by atoms with Crippen LogP contribution in [0.1, 0.15) is 31.9 Å². The average Bonchev–Trinajstić information content (AvgIpc) is 3.46. The van der Waals surface area contributed by atoms with Gasteiger partial charge in [-0.25, -0.2) is 0 Å². The Balaban J connectivity index is 1.57. The van der Waals surface area contributed by atoms with Crippen LogP contribution in [-0.2, 0) is 17.9 Å². The van der Waals surface area contributed by atoms with Crippen LogP contribution in [-0.4, -0.2) is 41.5 Å². The molecule has 4 rings (SSSR count). The maximum absolute atomic E-state index is 13.6. The lowest BCUT2D eigenvalue weighted by Gasteiger charge is -2.27. The summed E-state index contributed by atoms with van der Waals surface area (Å²) in [6.07, 6.45) is 1.65. The zero-order valence-electron chi connectivity index (χ0n) is 19.5. The minimum atomic E-state index is -0.179. The molecule has 0 saturated carbocycles. The molecule has 0 saturated heterocycles. The van der Waals surface area contributed by atoms with Gasteiger partial charge >= 0.3 is 0 Å². The van der Waals surface area contributed by atoms with E-state index in [1.165, 1.54) is 0 Å². The SMILES string of the molecule is C=CCN(CC(=O)N(Cc1ccc2c(c1)OCO2)Cc1sccc1C)C(=O)c1ccccc1C. The molecule has 2 aromatic carbocycles. The molecule has 0 N–H and O–H groups in total. The molecule has 0 radical (unpaired) electrons. The van der Waals surface area contributed by atoms with E-state index in [1.807, 2.05) is 55.6 Å². The van der Waals surface area contributed by atoms with Gasteiger partial charge in [0.1, 0.15) is 6.54 Å². The molecule has 1 aliphatic rings. The van der Waals surface area contributed by atoms with E-state index in [2.05, 4.69) is 12.6 Å². The van der Waals surface area contributed by atoms with Crippen molar-refractivity contribution in [2.75, 3.05) is 19.9 Å². The lowest BCUT2D eigenvalue weighted by atomic mass is 10.1. The summed E-state index contributed by atoms with van der Waals surface area (Å²) in [5.41, 5.74) is 3.55. The Morgan fingerprint density at radius 1 is 1.00 bits per heavy atom. The second kappa shape index (κ2) is 10.6. The van der Waals surface area contributed by atoms with Crippen molar-refractivity contribution in [3.8, 4) is 11.5 Å². The second-order valence-electron chi connectivity index (χ2n) is 8.25. The Labute approximate surface area is 204 Å². The summed E-state index contributed by atoms with van der Waals surface area (Å²) in [7, 11) is 0. The number of fused-ring (bicyclic) bond motifs is 1. The molecule has 2 heterocycles. The average molecular weight is 477 g/mol. The van der Waals surface area contributed by atoms with Gasteiger partial charge in [0.2, 0.25) is 12.7 Å². The molecule has 0 aliphatic carbocycles. The molecule has 1 aromatic heterocycles. The van der Waals surface area contributed by atoms with Crippen molar-refractivity contribution in [2.24, 2.45) is 0 Å². The van der Waals surface area contributed by atoms with Crippen LogP contribution < -0.4 is 9.47 Å². The maximum atomic E-state index is 13.6. The fourth-order valence-electron chi connectivity index (χ4n) is 3.85. The van der Waals surface area contributed by atoms with Gasteiger partial charge in [-0.3, -0.25) is 9.59 Å². The van der Waals surface area contributed by atoms with Crippen LogP contribution in [0.2, 0.25) is 0 Å². The monoisotopic (exact) mass is 476 g/mol. The lowest BCUT2D eigenvalue weighted by Crippen LogP contribution is -2.42. The van der Waals surface area contributed by atoms with E-state index in [0.29, 0.717) is 30.2 Å². The van der Waals surface area contributed by atoms with Crippen LogP contribution in [0.5, 0.6) is 11.5 Å². The number of hydrogen-bond acceptors (Lipinski definition) is 5. The molecule has 0 unspecified atom stereocenters. The van der Waals surface area contributed by atoms with Crippen molar-refractivity contribution >= 4 is 23.2 Å². The summed E-state index contributed by atoms with van der Waals surface area (Å²) >= 11 is 1.62. The molecular weight excluding hydrogens is 448 g/mol. The molecule has 0 bridgehead atoms. The van der Waals surface area contributed by atoms with E-state index in [1.54, 1.807) is 33.3 Å². The number of nitrogens with zero attached hydrogens (tertiary/aromatic N) is 2. The minimum absolute atomic E-state index is 0.0336. The standard InChI is InChI=1S/C27H28N2O4S/c1-4-12-28(27(31)22-8-6-5-7-19(22)2)17-26(30)29(16-25-20(3)11-13-34-25)15-21-9-10-23-24(14-21)33-18-32-23/h4-11,13-14H,1,12,15-18H2,2-3H3. The van der Waals surface area contributed by atoms with Crippen LogP contribution in [0.15, 0.2) is 66.6 Å². The summed E-state index contributed by atoms with van der Waals surface area (Å²) < 4.78 is 10.9. The number of rotatable bonds is 9. The Hall–Kier alpha value is -3.58. The molecule has 7 heteroatoms. The highest BCUT2D eigenvalue weighted by atomic mass is 32.1. The summed E-state index contributed by atoms with van der Waals surface area (Å²) in [4.78, 5) is 31.3. The molecule has 1 aliphatic heterocycles. The maximum Gasteiger partial charge on any atom is 0.254 e. The fraction of sp³-hybridized carbons (Fsp3) is 0.259. The first kappa shape index (κ1) is 23.6. The third-order valence-corrected chi connectivity index (χ3v) is 6.81. The van der Waals surface area contributed by atoms with Crippen LogP contribution in [0, 0.1) is 13.8 Å². The number of aryl methyl sites for hydroxylation is 2. The summed E-state index contributed by atoms with van der Waals surface area (Å²) in [6.45, 7) is 9.04. The predicted octanol–water partition coefficient (Wildman–Crippen LogP) is 4.95. The summed E-state index contributed by atoms with van der Waals surface area (Å²) in [6, 6.07) is 15.2. The number of carbonyl (C=O) groups excluding carboxylic acids is 2. The third kappa shape index (κ3) is 5.31. The van der Waals surface area contributed by atoms with Crippen molar-refractivity contribution in [3.05, 3.63) is 93.7 Å². The van der Waals surface area contributed by atoms with Gasteiger partial charge in [-0.1, -0.05) is 30.3 Å². The van der Waals surface area contributed by atoms with Crippen molar-refractivity contribution in [1.29, 1.82) is 0 Å². The number of thiophene rings is 1. The van der Waals surface area contributed by atoms with E-state index in [4.69, 9.17) is 9.47 Å². The number of benzene rings is 2. The largest absolute Gasteiger partial charge is 0.454 e. The van der Waals surface area contributed by atoms with E-state index >= 15 is 0 Å². The van der Waals surface area contributed by atoms with Crippen molar-refractivity contribution in [1.82, 2.24) is 9.80 Å². The van der Waals surface area contributed by atoms with Gasteiger partial charge in [0.05, 0.1) is 6.54 Å². The van der Waals surface area contributed by atoms with Gasteiger partial charge in [-0.2, -0.15) is 0 Å². The van der Waals surface area contributed by atoms with E-state index < -0.39 is 0 Å². The first-order chi connectivity index (χ1) is 16.5. The van der Waals surface area contributed by atoms with Crippen molar-refractivity contribution in [3.63, 3.8) is 0 Å². The number of carbonyl (C=O) groups is 2. The Morgan fingerprint density at radius 3 is 2.53 bits per heavy atom. The van der Waals surface area contributed by atoms with E-state index in [9.17, 15) is 9.59 Å². The van der Waals surface area contributed by atoms with Crippen LogP contribution in [0.4, 0.5) is 0 Å². The third-order valence-electron chi connectivity index (χ3n) is 5.80.